The minimum Gasteiger partial charge on any atom is -0.383 e. The molecule has 7 heteroatoms. The van der Waals surface area contributed by atoms with Gasteiger partial charge in [0.25, 0.3) is 5.91 Å². The average Bonchev–Trinajstić information content (AvgIpc) is 2.89. The van der Waals surface area contributed by atoms with Crippen LogP contribution in [0.4, 0.5) is 0 Å². The number of rotatable bonds is 5. The van der Waals surface area contributed by atoms with Crippen molar-refractivity contribution in [1.82, 2.24) is 20.3 Å². The number of benzene rings is 1. The number of hydrogen-bond acceptors (Lipinski definition) is 4. The normalized spacial score (nSPS) is 10.4. The standard InChI is InChI=1S/C12H13BrN4O2/c1-19-7-6-14-12(18)10-8-17(16-15-10)11-5-3-2-4-9(11)13/h2-5,8H,6-7H2,1H3,(H,14,18). The molecule has 0 aliphatic carbocycles. The van der Waals surface area contributed by atoms with Crippen LogP contribution in [0, 0.1) is 0 Å². The Kier molecular flexibility index (Phi) is 4.64. The number of carbonyl (C=O) groups is 1. The third-order valence-electron chi connectivity index (χ3n) is 2.42. The fourth-order valence-electron chi connectivity index (χ4n) is 1.48. The number of para-hydroxylation sites is 1. The highest BCUT2D eigenvalue weighted by molar-refractivity contribution is 9.10. The number of amides is 1. The van der Waals surface area contributed by atoms with Gasteiger partial charge in [0.05, 0.1) is 18.5 Å². The molecule has 0 spiro atoms. The Morgan fingerprint density at radius 3 is 3.00 bits per heavy atom. The zero-order valence-electron chi connectivity index (χ0n) is 10.3. The van der Waals surface area contributed by atoms with E-state index in [1.54, 1.807) is 18.0 Å². The lowest BCUT2D eigenvalue weighted by Crippen LogP contribution is -2.27. The number of carbonyl (C=O) groups excluding carboxylic acids is 1. The van der Waals surface area contributed by atoms with Crippen LogP contribution in [0.1, 0.15) is 10.5 Å². The number of hydrogen-bond donors (Lipinski definition) is 1. The van der Waals surface area contributed by atoms with Crippen LogP contribution in [-0.2, 0) is 4.74 Å². The van der Waals surface area contributed by atoms with Crippen LogP contribution in [0.25, 0.3) is 5.69 Å². The van der Waals surface area contributed by atoms with Gasteiger partial charge in [0.1, 0.15) is 0 Å². The number of nitrogens with zero attached hydrogens (tertiary/aromatic N) is 3. The number of halogens is 1. The van der Waals surface area contributed by atoms with Gasteiger partial charge in [0.15, 0.2) is 5.69 Å². The minimum absolute atomic E-state index is 0.268. The topological polar surface area (TPSA) is 69.0 Å². The second-order valence-corrected chi connectivity index (χ2v) is 4.60. The maximum absolute atomic E-state index is 11.8. The Balaban J connectivity index is 2.11. The number of methoxy groups -OCH3 is 1. The van der Waals surface area contributed by atoms with E-state index in [0.717, 1.165) is 10.2 Å². The molecule has 1 N–H and O–H groups in total. The van der Waals surface area contributed by atoms with Crippen LogP contribution >= 0.6 is 15.9 Å². The van der Waals surface area contributed by atoms with Crippen LogP contribution in [0.5, 0.6) is 0 Å². The van der Waals surface area contributed by atoms with Crippen LogP contribution in [0.2, 0.25) is 0 Å². The van der Waals surface area contributed by atoms with Crippen LogP contribution < -0.4 is 5.32 Å². The Morgan fingerprint density at radius 2 is 2.26 bits per heavy atom. The number of aromatic nitrogens is 3. The predicted octanol–water partition coefficient (Wildman–Crippen LogP) is 1.41. The first kappa shape index (κ1) is 13.7. The van der Waals surface area contributed by atoms with Crippen LogP contribution in [0.15, 0.2) is 34.9 Å². The molecule has 1 heterocycles. The van der Waals surface area contributed by atoms with Crippen molar-refractivity contribution in [1.29, 1.82) is 0 Å². The first-order valence-electron chi connectivity index (χ1n) is 5.67. The smallest absolute Gasteiger partial charge is 0.273 e. The third kappa shape index (κ3) is 3.39. The third-order valence-corrected chi connectivity index (χ3v) is 3.09. The molecule has 0 saturated carbocycles. The van der Waals surface area contributed by atoms with Gasteiger partial charge < -0.3 is 10.1 Å². The molecule has 0 radical (unpaired) electrons. The predicted molar refractivity (Wildman–Crippen MR) is 73.3 cm³/mol. The molecule has 2 aromatic rings. The van der Waals surface area contributed by atoms with Crippen molar-refractivity contribution in [3.05, 3.63) is 40.6 Å². The Labute approximate surface area is 118 Å². The summed E-state index contributed by atoms with van der Waals surface area (Å²) in [7, 11) is 1.58. The molecule has 1 amide bonds. The summed E-state index contributed by atoms with van der Waals surface area (Å²) in [5.41, 5.74) is 1.10. The average molecular weight is 325 g/mol. The minimum atomic E-state index is -0.268. The van der Waals surface area contributed by atoms with Crippen LogP contribution in [0.3, 0.4) is 0 Å². The van der Waals surface area contributed by atoms with Crippen LogP contribution in [-0.4, -0.2) is 41.2 Å². The molecule has 0 unspecified atom stereocenters. The summed E-state index contributed by atoms with van der Waals surface area (Å²) in [6.07, 6.45) is 1.59. The van der Waals surface area contributed by atoms with E-state index in [0.29, 0.717) is 13.2 Å². The SMILES string of the molecule is COCCNC(=O)c1cn(-c2ccccc2Br)nn1. The van der Waals surface area contributed by atoms with Gasteiger partial charge in [0, 0.05) is 18.1 Å². The molecule has 1 aromatic carbocycles. The molecule has 0 fully saturated rings. The van der Waals surface area contributed by atoms with E-state index in [2.05, 4.69) is 31.6 Å². The van der Waals surface area contributed by atoms with Crippen molar-refractivity contribution in [2.45, 2.75) is 0 Å². The quantitative estimate of drug-likeness (QED) is 0.844. The molecule has 0 aliphatic heterocycles. The summed E-state index contributed by atoms with van der Waals surface area (Å²) < 4.78 is 7.29. The highest BCUT2D eigenvalue weighted by Crippen LogP contribution is 2.19. The summed E-state index contributed by atoms with van der Waals surface area (Å²) in [6, 6.07) is 7.57. The summed E-state index contributed by atoms with van der Waals surface area (Å²) in [4.78, 5) is 11.8. The molecule has 0 bridgehead atoms. The Bertz CT molecular complexity index is 570. The highest BCUT2D eigenvalue weighted by atomic mass is 79.9. The van der Waals surface area contributed by atoms with Gasteiger partial charge in [-0.15, -0.1) is 5.10 Å². The van der Waals surface area contributed by atoms with Gasteiger partial charge in [0.2, 0.25) is 0 Å². The van der Waals surface area contributed by atoms with Gasteiger partial charge in [-0.25, -0.2) is 4.68 Å². The molecular formula is C12H13BrN4O2. The fourth-order valence-corrected chi connectivity index (χ4v) is 1.95. The largest absolute Gasteiger partial charge is 0.383 e. The van der Waals surface area contributed by atoms with E-state index >= 15 is 0 Å². The lowest BCUT2D eigenvalue weighted by Gasteiger charge is -2.02. The van der Waals surface area contributed by atoms with E-state index in [4.69, 9.17) is 4.74 Å². The second-order valence-electron chi connectivity index (χ2n) is 3.75. The first-order chi connectivity index (χ1) is 9.22. The van der Waals surface area contributed by atoms with Gasteiger partial charge in [-0.3, -0.25) is 4.79 Å². The molecule has 100 valence electrons. The second kappa shape index (κ2) is 6.44. The zero-order valence-corrected chi connectivity index (χ0v) is 11.9. The molecular weight excluding hydrogens is 312 g/mol. The van der Waals surface area contributed by atoms with Gasteiger partial charge in [-0.2, -0.15) is 0 Å². The summed E-state index contributed by atoms with van der Waals surface area (Å²) in [5.74, 6) is -0.268. The Hall–Kier alpha value is -1.73. The fraction of sp³-hybridized carbons (Fsp3) is 0.250. The zero-order chi connectivity index (χ0) is 13.7. The molecule has 0 saturated heterocycles. The monoisotopic (exact) mass is 324 g/mol. The van der Waals surface area contributed by atoms with Gasteiger partial charge in [-0.1, -0.05) is 17.3 Å². The lowest BCUT2D eigenvalue weighted by molar-refractivity contribution is 0.0932. The van der Waals surface area contributed by atoms with E-state index in [1.807, 2.05) is 24.3 Å². The van der Waals surface area contributed by atoms with E-state index < -0.39 is 0 Å². The van der Waals surface area contributed by atoms with Gasteiger partial charge in [-0.05, 0) is 28.1 Å². The lowest BCUT2D eigenvalue weighted by atomic mass is 10.3. The Morgan fingerprint density at radius 1 is 1.47 bits per heavy atom. The van der Waals surface area contributed by atoms with E-state index in [1.165, 1.54) is 0 Å². The van der Waals surface area contributed by atoms with Crippen molar-refractivity contribution in [3.8, 4) is 5.69 Å². The molecule has 2 rings (SSSR count). The van der Waals surface area contributed by atoms with Crippen molar-refractivity contribution < 1.29 is 9.53 Å². The van der Waals surface area contributed by atoms with E-state index in [9.17, 15) is 4.79 Å². The number of ether oxygens (including phenoxy) is 1. The molecule has 6 nitrogen and oxygen atoms in total. The van der Waals surface area contributed by atoms with E-state index in [-0.39, 0.29) is 11.6 Å². The van der Waals surface area contributed by atoms with Crippen molar-refractivity contribution in [3.63, 3.8) is 0 Å². The highest BCUT2D eigenvalue weighted by Gasteiger charge is 2.11. The maximum Gasteiger partial charge on any atom is 0.273 e. The molecule has 19 heavy (non-hydrogen) atoms. The van der Waals surface area contributed by atoms with Crippen molar-refractivity contribution in [2.75, 3.05) is 20.3 Å². The van der Waals surface area contributed by atoms with Crippen molar-refractivity contribution >= 4 is 21.8 Å². The summed E-state index contributed by atoms with van der Waals surface area (Å²) >= 11 is 3.42. The summed E-state index contributed by atoms with van der Waals surface area (Å²) in [5, 5.41) is 10.5. The maximum atomic E-state index is 11.8. The summed E-state index contributed by atoms with van der Waals surface area (Å²) in [6.45, 7) is 0.904. The first-order valence-corrected chi connectivity index (χ1v) is 6.46. The molecule has 1 aromatic heterocycles. The molecule has 0 aliphatic rings. The van der Waals surface area contributed by atoms with Gasteiger partial charge >= 0.3 is 0 Å². The van der Waals surface area contributed by atoms with Crippen molar-refractivity contribution in [2.24, 2.45) is 0 Å². The molecule has 0 atom stereocenters. The number of nitrogens with one attached hydrogen (secondary N) is 1.